The van der Waals surface area contributed by atoms with Crippen LogP contribution in [0.25, 0.3) is 0 Å². The van der Waals surface area contributed by atoms with E-state index in [9.17, 15) is 5.11 Å². The average molecular weight is 442 g/mol. The molecule has 1 aromatic carbocycles. The molecule has 0 aliphatic carbocycles. The zero-order chi connectivity index (χ0) is 23.3. The molecule has 32 heavy (non-hydrogen) atoms. The minimum atomic E-state index is 0.0134. The van der Waals surface area contributed by atoms with Crippen LogP contribution in [-0.4, -0.2) is 75.0 Å². The first-order valence-electron chi connectivity index (χ1n) is 11.4. The van der Waals surface area contributed by atoms with Gasteiger partial charge < -0.3 is 25.5 Å². The predicted molar refractivity (Wildman–Crippen MR) is 136 cm³/mol. The molecule has 7 nitrogen and oxygen atoms in total. The minimum absolute atomic E-state index is 0.0134. The number of aliphatic hydroxyl groups is 1. The van der Waals surface area contributed by atoms with Crippen molar-refractivity contribution < 1.29 is 9.84 Å². The number of rotatable bonds is 12. The molecule has 3 N–H and O–H groups in total. The molecule has 1 aromatic rings. The summed E-state index contributed by atoms with van der Waals surface area (Å²) in [5.41, 5.74) is 4.65. The largest absolute Gasteiger partial charge is 0.506 e. The number of nitrogens with one attached hydrogen (secondary N) is 2. The van der Waals surface area contributed by atoms with Gasteiger partial charge in [0.05, 0.1) is 36.6 Å². The average Bonchev–Trinajstić information content (AvgIpc) is 2.79. The number of hydrogen-bond donors (Lipinski definition) is 3. The van der Waals surface area contributed by atoms with Crippen molar-refractivity contribution in [3.8, 4) is 0 Å². The summed E-state index contributed by atoms with van der Waals surface area (Å²) < 4.78 is 5.39. The van der Waals surface area contributed by atoms with E-state index in [0.29, 0.717) is 13.0 Å². The second kappa shape index (κ2) is 13.7. The number of aliphatic imine (C=N–C) groups is 1. The van der Waals surface area contributed by atoms with E-state index >= 15 is 0 Å². The monoisotopic (exact) mass is 441 g/mol. The number of ether oxygens (including phenoxy) is 1. The van der Waals surface area contributed by atoms with E-state index in [4.69, 9.17) is 10.1 Å². The molecule has 0 radical (unpaired) electrons. The first-order chi connectivity index (χ1) is 15.4. The Morgan fingerprint density at radius 3 is 2.78 bits per heavy atom. The van der Waals surface area contributed by atoms with Crippen LogP contribution in [0.5, 0.6) is 0 Å². The Morgan fingerprint density at radius 1 is 1.31 bits per heavy atom. The number of hydrogen-bond acceptors (Lipinski definition) is 6. The molecular weight excluding hydrogens is 402 g/mol. The summed E-state index contributed by atoms with van der Waals surface area (Å²) in [6, 6.07) is 4.29. The highest BCUT2D eigenvalue weighted by Crippen LogP contribution is 2.30. The molecule has 0 bridgehead atoms. The van der Waals surface area contributed by atoms with Crippen LogP contribution in [0.4, 0.5) is 11.4 Å². The van der Waals surface area contributed by atoms with Crippen LogP contribution < -0.4 is 10.2 Å². The van der Waals surface area contributed by atoms with Gasteiger partial charge in [-0.2, -0.15) is 0 Å². The van der Waals surface area contributed by atoms with Gasteiger partial charge in [0, 0.05) is 46.2 Å². The Hall–Kier alpha value is -2.64. The Bertz CT molecular complexity index is 826. The van der Waals surface area contributed by atoms with Crippen molar-refractivity contribution >= 4 is 23.4 Å². The SMILES string of the molecule is C/C=C/C=C(/O)C(=N)CCN(C)c1cc(C)cc(C)c1NC=NCCCN1CCOCC1. The lowest BCUT2D eigenvalue weighted by atomic mass is 10.1. The first-order valence-corrected chi connectivity index (χ1v) is 11.4. The molecular formula is C25H39N5O2. The van der Waals surface area contributed by atoms with Gasteiger partial charge in [-0.3, -0.25) is 9.89 Å². The zero-order valence-electron chi connectivity index (χ0n) is 20.0. The van der Waals surface area contributed by atoms with Crippen molar-refractivity contribution in [3.05, 3.63) is 47.2 Å². The molecule has 1 fully saturated rings. The predicted octanol–water partition coefficient (Wildman–Crippen LogP) is 4.33. The zero-order valence-corrected chi connectivity index (χ0v) is 20.0. The highest BCUT2D eigenvalue weighted by atomic mass is 16.5. The van der Waals surface area contributed by atoms with Crippen LogP contribution in [0, 0.1) is 19.3 Å². The Labute approximate surface area is 193 Å². The fraction of sp³-hybridized carbons (Fsp3) is 0.520. The smallest absolute Gasteiger partial charge is 0.136 e. The molecule has 176 valence electrons. The van der Waals surface area contributed by atoms with Gasteiger partial charge in [0.2, 0.25) is 0 Å². The lowest BCUT2D eigenvalue weighted by molar-refractivity contribution is 0.0377. The Balaban J connectivity index is 1.92. The summed E-state index contributed by atoms with van der Waals surface area (Å²) in [7, 11) is 2.01. The molecule has 1 aliphatic heterocycles. The van der Waals surface area contributed by atoms with Crippen LogP contribution in [-0.2, 0) is 4.74 Å². The quantitative estimate of drug-likeness (QED) is 0.148. The van der Waals surface area contributed by atoms with Gasteiger partial charge in [0.25, 0.3) is 0 Å². The molecule has 1 aliphatic rings. The molecule has 7 heteroatoms. The number of aliphatic hydroxyl groups excluding tert-OH is 1. The van der Waals surface area contributed by atoms with Crippen molar-refractivity contribution in [2.45, 2.75) is 33.6 Å². The third-order valence-electron chi connectivity index (χ3n) is 5.49. The fourth-order valence-corrected chi connectivity index (χ4v) is 3.64. The van der Waals surface area contributed by atoms with Gasteiger partial charge in [0.15, 0.2) is 0 Å². The fourth-order valence-electron chi connectivity index (χ4n) is 3.64. The molecule has 0 spiro atoms. The third-order valence-corrected chi connectivity index (χ3v) is 5.49. The van der Waals surface area contributed by atoms with Crippen LogP contribution in [0.2, 0.25) is 0 Å². The van der Waals surface area contributed by atoms with Crippen molar-refractivity contribution in [2.75, 3.05) is 63.2 Å². The number of nitrogens with zero attached hydrogens (tertiary/aromatic N) is 3. The second-order valence-corrected chi connectivity index (χ2v) is 8.19. The molecule has 0 amide bonds. The van der Waals surface area contributed by atoms with E-state index in [0.717, 1.165) is 62.8 Å². The van der Waals surface area contributed by atoms with E-state index in [2.05, 4.69) is 46.1 Å². The third kappa shape index (κ3) is 8.48. The van der Waals surface area contributed by atoms with Gasteiger partial charge in [-0.05, 0) is 50.5 Å². The second-order valence-electron chi connectivity index (χ2n) is 8.19. The van der Waals surface area contributed by atoms with E-state index in [1.807, 2.05) is 20.0 Å². The van der Waals surface area contributed by atoms with Crippen molar-refractivity contribution in [2.24, 2.45) is 4.99 Å². The number of morpholine rings is 1. The highest BCUT2D eigenvalue weighted by Gasteiger charge is 2.13. The normalized spacial score (nSPS) is 15.6. The van der Waals surface area contributed by atoms with E-state index in [1.54, 1.807) is 18.5 Å². The number of aryl methyl sites for hydroxylation is 2. The maximum atomic E-state index is 9.97. The van der Waals surface area contributed by atoms with Gasteiger partial charge in [-0.15, -0.1) is 0 Å². The van der Waals surface area contributed by atoms with Gasteiger partial charge in [-0.25, -0.2) is 0 Å². The molecule has 0 aromatic heterocycles. The first kappa shape index (κ1) is 25.6. The maximum absolute atomic E-state index is 9.97. The Morgan fingerprint density at radius 2 is 2.06 bits per heavy atom. The van der Waals surface area contributed by atoms with E-state index < -0.39 is 0 Å². The lowest BCUT2D eigenvalue weighted by Crippen LogP contribution is -2.37. The summed E-state index contributed by atoms with van der Waals surface area (Å²) >= 11 is 0. The number of anilines is 2. The van der Waals surface area contributed by atoms with Crippen LogP contribution in [0.1, 0.15) is 30.9 Å². The molecule has 2 rings (SSSR count). The molecule has 1 saturated heterocycles. The van der Waals surface area contributed by atoms with Crippen molar-refractivity contribution in [3.63, 3.8) is 0 Å². The van der Waals surface area contributed by atoms with Gasteiger partial charge in [-0.1, -0.05) is 18.2 Å². The van der Waals surface area contributed by atoms with Crippen LogP contribution >= 0.6 is 0 Å². The number of allylic oxidation sites excluding steroid dienone is 4. The summed E-state index contributed by atoms with van der Waals surface area (Å²) in [4.78, 5) is 9.09. The summed E-state index contributed by atoms with van der Waals surface area (Å²) in [5, 5.41) is 21.4. The summed E-state index contributed by atoms with van der Waals surface area (Å²) in [6.07, 6.45) is 8.40. The van der Waals surface area contributed by atoms with Crippen LogP contribution in [0.3, 0.4) is 0 Å². The van der Waals surface area contributed by atoms with Gasteiger partial charge >= 0.3 is 0 Å². The van der Waals surface area contributed by atoms with E-state index in [1.165, 1.54) is 5.56 Å². The van der Waals surface area contributed by atoms with E-state index in [-0.39, 0.29) is 11.5 Å². The summed E-state index contributed by atoms with van der Waals surface area (Å²) in [5.74, 6) is 0.0134. The molecule has 1 heterocycles. The Kier molecular flexibility index (Phi) is 11.0. The molecule has 0 saturated carbocycles. The molecule has 0 atom stereocenters. The van der Waals surface area contributed by atoms with Gasteiger partial charge in [0.1, 0.15) is 5.76 Å². The topological polar surface area (TPSA) is 84.2 Å². The lowest BCUT2D eigenvalue weighted by Gasteiger charge is -2.26. The standard InChI is InChI=1S/C25H39N5O2/c1-5-6-8-24(31)22(26)9-12-29(4)23-18-20(2)17-21(3)25(23)28-19-27-10-7-11-30-13-15-32-16-14-30/h5-6,8,17-19,26,31H,7,9-16H2,1-4H3,(H,27,28)/b6-5+,24-8+,26-22?. The maximum Gasteiger partial charge on any atom is 0.136 e. The minimum Gasteiger partial charge on any atom is -0.506 e. The van der Waals surface area contributed by atoms with Crippen molar-refractivity contribution in [1.82, 2.24) is 4.90 Å². The molecule has 0 unspecified atom stereocenters. The van der Waals surface area contributed by atoms with Crippen LogP contribution in [0.15, 0.2) is 41.1 Å². The summed E-state index contributed by atoms with van der Waals surface area (Å²) in [6.45, 7) is 12.2. The number of benzene rings is 1. The van der Waals surface area contributed by atoms with Crippen molar-refractivity contribution in [1.29, 1.82) is 5.41 Å². The highest BCUT2D eigenvalue weighted by molar-refractivity contribution is 5.96.